The van der Waals surface area contributed by atoms with Crippen LogP contribution in [0.5, 0.6) is 11.5 Å². The molecule has 0 aromatic heterocycles. The number of para-hydroxylation sites is 1. The van der Waals surface area contributed by atoms with Gasteiger partial charge in [0.05, 0.1) is 17.1 Å². The van der Waals surface area contributed by atoms with Gasteiger partial charge in [0.1, 0.15) is 0 Å². The van der Waals surface area contributed by atoms with E-state index in [4.69, 9.17) is 9.47 Å². The third-order valence-electron chi connectivity index (χ3n) is 7.90. The normalized spacial score (nSPS) is 39.2. The highest BCUT2D eigenvalue weighted by Gasteiger charge is 2.83. The van der Waals surface area contributed by atoms with Crippen LogP contribution in [0.3, 0.4) is 0 Å². The lowest BCUT2D eigenvalue weighted by molar-refractivity contribution is -0.199. The maximum absolute atomic E-state index is 13.7. The molecule has 5 heteroatoms. The third-order valence-corrected chi connectivity index (χ3v) is 7.90. The molecule has 2 aliphatic heterocycles. The van der Waals surface area contributed by atoms with E-state index in [1.807, 2.05) is 20.8 Å². The molecular weight excluding hydrogens is 368 g/mol. The van der Waals surface area contributed by atoms with Crippen LogP contribution >= 0.6 is 0 Å². The van der Waals surface area contributed by atoms with Crippen molar-refractivity contribution in [1.82, 2.24) is 0 Å². The second kappa shape index (κ2) is 5.72. The predicted octanol–water partition coefficient (Wildman–Crippen LogP) is 4.23. The predicted molar refractivity (Wildman–Crippen MR) is 107 cm³/mol. The molecule has 0 radical (unpaired) electrons. The summed E-state index contributed by atoms with van der Waals surface area (Å²) in [5, 5.41) is 10.5. The molecule has 2 heterocycles. The fourth-order valence-electron chi connectivity index (χ4n) is 6.48. The highest BCUT2D eigenvalue weighted by atomic mass is 16.6. The molecule has 5 atom stereocenters. The lowest BCUT2D eigenvalue weighted by atomic mass is 9.47. The summed E-state index contributed by atoms with van der Waals surface area (Å²) in [6.07, 6.45) is 4.52. The van der Waals surface area contributed by atoms with Crippen molar-refractivity contribution in [2.24, 2.45) is 17.8 Å². The van der Waals surface area contributed by atoms with E-state index in [0.29, 0.717) is 24.8 Å². The first-order valence-electron chi connectivity index (χ1n) is 10.6. The van der Waals surface area contributed by atoms with Crippen LogP contribution in [0.1, 0.15) is 63.7 Å². The first-order valence-corrected chi connectivity index (χ1v) is 10.6. The average Bonchev–Trinajstić information content (AvgIpc) is 2.85. The topological polar surface area (TPSA) is 72.8 Å². The van der Waals surface area contributed by atoms with Gasteiger partial charge in [0, 0.05) is 18.3 Å². The van der Waals surface area contributed by atoms with E-state index in [1.165, 1.54) is 11.6 Å². The zero-order chi connectivity index (χ0) is 20.8. The molecule has 5 nitrogen and oxygen atoms in total. The summed E-state index contributed by atoms with van der Waals surface area (Å²) >= 11 is 0. The van der Waals surface area contributed by atoms with Gasteiger partial charge in [-0.2, -0.15) is 0 Å². The van der Waals surface area contributed by atoms with Crippen molar-refractivity contribution in [2.45, 2.75) is 70.2 Å². The van der Waals surface area contributed by atoms with Crippen molar-refractivity contribution in [1.29, 1.82) is 0 Å². The second-order valence-electron chi connectivity index (χ2n) is 9.69. The molecule has 0 amide bonds. The second-order valence-corrected chi connectivity index (χ2v) is 9.69. The molecule has 4 bridgehead atoms. The van der Waals surface area contributed by atoms with Crippen molar-refractivity contribution in [3.05, 3.63) is 35.4 Å². The van der Waals surface area contributed by atoms with Crippen molar-refractivity contribution in [3.63, 3.8) is 0 Å². The van der Waals surface area contributed by atoms with Crippen LogP contribution in [0.25, 0.3) is 0 Å². The fraction of sp³-hybridized carbons (Fsp3) is 0.583. The van der Waals surface area contributed by atoms with Crippen molar-refractivity contribution in [3.8, 4) is 11.5 Å². The number of benzene rings is 1. The molecule has 3 saturated carbocycles. The summed E-state index contributed by atoms with van der Waals surface area (Å²) in [5.74, 6) is -0.548. The van der Waals surface area contributed by atoms with E-state index in [1.54, 1.807) is 12.1 Å². The van der Waals surface area contributed by atoms with Crippen molar-refractivity contribution in [2.75, 3.05) is 0 Å². The molecule has 3 aliphatic carbocycles. The molecule has 1 aromatic carbocycles. The van der Waals surface area contributed by atoms with Gasteiger partial charge in [0.2, 0.25) is 0 Å². The number of carbonyl (C=O) groups is 2. The Hall–Kier alpha value is -2.14. The lowest BCUT2D eigenvalue weighted by Crippen LogP contribution is -2.76. The number of Topliss-reactive ketones (excluding diaryl/α,β-unsaturated/α-hetero) is 2. The van der Waals surface area contributed by atoms with Gasteiger partial charge >= 0.3 is 0 Å². The summed E-state index contributed by atoms with van der Waals surface area (Å²) in [7, 11) is 0. The van der Waals surface area contributed by atoms with E-state index in [2.05, 4.69) is 13.0 Å². The Bertz CT molecular complexity index is 960. The summed E-state index contributed by atoms with van der Waals surface area (Å²) in [5.41, 5.74) is -1.28. The van der Waals surface area contributed by atoms with E-state index in [0.717, 1.165) is 6.42 Å². The maximum atomic E-state index is 13.7. The van der Waals surface area contributed by atoms with E-state index >= 15 is 0 Å². The highest BCUT2D eigenvalue weighted by molar-refractivity contribution is 6.07. The summed E-state index contributed by atoms with van der Waals surface area (Å²) in [4.78, 5) is 27.3. The number of phenolic OH excluding ortho intramolecular Hbond substituents is 1. The van der Waals surface area contributed by atoms with Gasteiger partial charge in [-0.3, -0.25) is 9.59 Å². The van der Waals surface area contributed by atoms with Gasteiger partial charge in [0.25, 0.3) is 0 Å². The molecule has 6 rings (SSSR count). The van der Waals surface area contributed by atoms with Crippen LogP contribution in [-0.4, -0.2) is 33.5 Å². The molecular formula is C24H28O5. The molecule has 1 saturated heterocycles. The standard InChI is InChI=1S/C24H28O5/c1-5-13(2)9-10-23-21(27)14-11-16-19(26)15-7-6-8-17(25)20(15)28-24(16,23)18(12-14)22(3,4)29-23/h6-9,14,16,18,25H,5,10-12H2,1-4H3/b13-9+. The molecule has 5 aliphatic rings. The number of ether oxygens (including phenoxy) is 2. The van der Waals surface area contributed by atoms with Gasteiger partial charge in [0.15, 0.2) is 34.3 Å². The third kappa shape index (κ3) is 2.09. The van der Waals surface area contributed by atoms with Crippen LogP contribution in [0.2, 0.25) is 0 Å². The Morgan fingerprint density at radius 2 is 2.03 bits per heavy atom. The van der Waals surface area contributed by atoms with E-state index in [-0.39, 0.29) is 34.9 Å². The summed E-state index contributed by atoms with van der Waals surface area (Å²) < 4.78 is 13.2. The first-order chi connectivity index (χ1) is 13.7. The minimum atomic E-state index is -1.20. The van der Waals surface area contributed by atoms with Crippen molar-refractivity contribution < 1.29 is 24.2 Å². The van der Waals surface area contributed by atoms with Gasteiger partial charge in [-0.25, -0.2) is 0 Å². The molecule has 29 heavy (non-hydrogen) atoms. The maximum Gasteiger partial charge on any atom is 0.173 e. The van der Waals surface area contributed by atoms with Crippen LogP contribution in [0, 0.1) is 17.8 Å². The number of carbonyl (C=O) groups excluding carboxylic acids is 2. The first kappa shape index (κ1) is 18.9. The van der Waals surface area contributed by atoms with Crippen molar-refractivity contribution >= 4 is 11.6 Å². The lowest BCUT2D eigenvalue weighted by Gasteiger charge is -2.60. The summed E-state index contributed by atoms with van der Waals surface area (Å²) in [6.45, 7) is 8.13. The molecule has 1 aromatic rings. The Morgan fingerprint density at radius 3 is 2.76 bits per heavy atom. The van der Waals surface area contributed by atoms with E-state index < -0.39 is 22.7 Å². The SMILES string of the molecule is CC/C(C)=C/CC12OC(C)(C)C3CC(CC4C(=O)c5cccc(O)c5OC431)C2=O. The number of hydrogen-bond acceptors (Lipinski definition) is 5. The molecule has 4 fully saturated rings. The van der Waals surface area contributed by atoms with Crippen LogP contribution < -0.4 is 4.74 Å². The Labute approximate surface area is 171 Å². The Morgan fingerprint density at radius 1 is 1.28 bits per heavy atom. The minimum Gasteiger partial charge on any atom is -0.504 e. The monoisotopic (exact) mass is 396 g/mol. The Balaban J connectivity index is 1.77. The molecule has 154 valence electrons. The average molecular weight is 396 g/mol. The number of ketones is 2. The number of hydrogen-bond donors (Lipinski definition) is 1. The number of phenols is 1. The van der Waals surface area contributed by atoms with E-state index in [9.17, 15) is 14.7 Å². The number of allylic oxidation sites excluding steroid dienone is 1. The van der Waals surface area contributed by atoms with Gasteiger partial charge in [-0.1, -0.05) is 24.6 Å². The van der Waals surface area contributed by atoms with Crippen LogP contribution in [0.4, 0.5) is 0 Å². The largest absolute Gasteiger partial charge is 0.504 e. The number of rotatable bonds is 3. The minimum absolute atomic E-state index is 0.0359. The Kier molecular flexibility index (Phi) is 3.72. The van der Waals surface area contributed by atoms with Crippen LogP contribution in [0.15, 0.2) is 29.8 Å². The smallest absolute Gasteiger partial charge is 0.173 e. The zero-order valence-electron chi connectivity index (χ0n) is 17.5. The fourth-order valence-corrected chi connectivity index (χ4v) is 6.48. The molecule has 1 spiro atoms. The zero-order valence-corrected chi connectivity index (χ0v) is 17.5. The molecule has 1 N–H and O–H groups in total. The quantitative estimate of drug-likeness (QED) is 0.774. The number of fused-ring (bicyclic) bond motifs is 1. The van der Waals surface area contributed by atoms with Crippen LogP contribution in [-0.2, 0) is 9.53 Å². The summed E-state index contributed by atoms with van der Waals surface area (Å²) in [6, 6.07) is 4.90. The van der Waals surface area contributed by atoms with Gasteiger partial charge in [-0.05, 0) is 52.2 Å². The van der Waals surface area contributed by atoms with Gasteiger partial charge in [-0.15, -0.1) is 0 Å². The number of aromatic hydroxyl groups is 1. The highest BCUT2D eigenvalue weighted by Crippen LogP contribution is 2.69. The molecule has 5 unspecified atom stereocenters. The van der Waals surface area contributed by atoms with Gasteiger partial charge < -0.3 is 14.6 Å².